The molecule has 0 unspecified atom stereocenters. The topological polar surface area (TPSA) is 70.5 Å². The molecule has 0 bridgehead atoms. The molecular weight excluding hydrogens is 227 g/mol. The van der Waals surface area contributed by atoms with Gasteiger partial charge in [0.25, 0.3) is 5.91 Å². The monoisotopic (exact) mass is 238 g/mol. The first kappa shape index (κ1) is 11.5. The van der Waals surface area contributed by atoms with Crippen LogP contribution in [0.15, 0.2) is 18.5 Å². The third-order valence-electron chi connectivity index (χ3n) is 2.78. The molecule has 1 aliphatic heterocycles. The van der Waals surface area contributed by atoms with Crippen LogP contribution in [0.3, 0.4) is 0 Å². The highest BCUT2D eigenvalue weighted by molar-refractivity contribution is 5.94. The molecule has 0 aliphatic carbocycles. The van der Waals surface area contributed by atoms with E-state index in [4.69, 9.17) is 5.11 Å². The Balaban J connectivity index is 2.09. The number of amides is 1. The number of carbonyl (C=O) groups is 2. The number of likely N-dealkylation sites (tertiary alicyclic amines) is 1. The van der Waals surface area contributed by atoms with E-state index in [1.54, 1.807) is 0 Å². The summed E-state index contributed by atoms with van der Waals surface area (Å²) >= 11 is 0. The second-order valence-electron chi connectivity index (χ2n) is 3.97. The summed E-state index contributed by atoms with van der Waals surface area (Å²) in [6.07, 6.45) is 2.73. The molecule has 5 nitrogen and oxygen atoms in total. The van der Waals surface area contributed by atoms with Crippen LogP contribution in [0.1, 0.15) is 16.8 Å². The lowest BCUT2D eigenvalue weighted by Gasteiger charge is -2.15. The zero-order valence-electron chi connectivity index (χ0n) is 8.97. The summed E-state index contributed by atoms with van der Waals surface area (Å²) in [6, 6.07) is 1.10. The molecule has 1 amide bonds. The Morgan fingerprint density at radius 2 is 2.24 bits per heavy atom. The zero-order chi connectivity index (χ0) is 12.4. The van der Waals surface area contributed by atoms with Crippen LogP contribution in [0.5, 0.6) is 0 Å². The summed E-state index contributed by atoms with van der Waals surface area (Å²) in [6.45, 7) is 0.553. The number of pyridine rings is 1. The summed E-state index contributed by atoms with van der Waals surface area (Å²) in [7, 11) is 0. The van der Waals surface area contributed by atoms with Crippen molar-refractivity contribution in [3.8, 4) is 0 Å². The number of aromatic nitrogens is 1. The molecule has 1 aromatic heterocycles. The minimum absolute atomic E-state index is 0.149. The molecule has 0 radical (unpaired) electrons. The van der Waals surface area contributed by atoms with Gasteiger partial charge in [0.1, 0.15) is 5.82 Å². The van der Waals surface area contributed by atoms with Gasteiger partial charge in [-0.3, -0.25) is 14.6 Å². The van der Waals surface area contributed by atoms with Gasteiger partial charge in [-0.25, -0.2) is 4.39 Å². The molecule has 1 fully saturated rings. The van der Waals surface area contributed by atoms with E-state index in [1.165, 1.54) is 11.1 Å². The van der Waals surface area contributed by atoms with Gasteiger partial charge in [-0.05, 0) is 12.5 Å². The summed E-state index contributed by atoms with van der Waals surface area (Å²) in [5.41, 5.74) is 0.149. The molecule has 1 saturated heterocycles. The number of halogens is 1. The molecule has 1 aromatic rings. The molecule has 90 valence electrons. The molecule has 17 heavy (non-hydrogen) atoms. The first-order valence-corrected chi connectivity index (χ1v) is 5.20. The Hall–Kier alpha value is -1.98. The van der Waals surface area contributed by atoms with E-state index in [1.807, 2.05) is 0 Å². The van der Waals surface area contributed by atoms with E-state index in [-0.39, 0.29) is 18.0 Å². The minimum Gasteiger partial charge on any atom is -0.481 e. The summed E-state index contributed by atoms with van der Waals surface area (Å²) in [4.78, 5) is 27.6. The fraction of sp³-hybridized carbons (Fsp3) is 0.364. The number of nitrogens with zero attached hydrogens (tertiary/aromatic N) is 2. The van der Waals surface area contributed by atoms with Crippen molar-refractivity contribution in [1.82, 2.24) is 9.88 Å². The number of carboxylic acid groups (broad SMARTS) is 1. The quantitative estimate of drug-likeness (QED) is 0.826. The van der Waals surface area contributed by atoms with Gasteiger partial charge in [0.15, 0.2) is 0 Å². The maximum absolute atomic E-state index is 12.9. The number of aliphatic carboxylic acids is 1. The van der Waals surface area contributed by atoms with Crippen molar-refractivity contribution < 1.29 is 19.1 Å². The van der Waals surface area contributed by atoms with Crippen molar-refractivity contribution in [3.63, 3.8) is 0 Å². The van der Waals surface area contributed by atoms with E-state index in [0.717, 1.165) is 12.3 Å². The lowest BCUT2D eigenvalue weighted by atomic mass is 10.1. The molecule has 6 heteroatoms. The predicted molar refractivity (Wildman–Crippen MR) is 55.8 cm³/mol. The molecular formula is C11H11FN2O3. The SMILES string of the molecule is O=C(O)[C@H]1CCN(C(=O)c2cncc(F)c2)C1. The van der Waals surface area contributed by atoms with Gasteiger partial charge < -0.3 is 10.0 Å². The number of carbonyl (C=O) groups excluding carboxylic acids is 1. The third kappa shape index (κ3) is 2.41. The minimum atomic E-state index is -0.905. The summed E-state index contributed by atoms with van der Waals surface area (Å²) in [5, 5.41) is 8.82. The summed E-state index contributed by atoms with van der Waals surface area (Å²) < 4.78 is 12.9. The first-order chi connectivity index (χ1) is 8.08. The van der Waals surface area contributed by atoms with Crippen LogP contribution in [0.4, 0.5) is 4.39 Å². The van der Waals surface area contributed by atoms with Gasteiger partial charge in [-0.15, -0.1) is 0 Å². The highest BCUT2D eigenvalue weighted by Gasteiger charge is 2.31. The Kier molecular flexibility index (Phi) is 3.03. The second kappa shape index (κ2) is 4.48. The van der Waals surface area contributed by atoms with Crippen LogP contribution < -0.4 is 0 Å². The first-order valence-electron chi connectivity index (χ1n) is 5.20. The van der Waals surface area contributed by atoms with Gasteiger partial charge in [0.2, 0.25) is 0 Å². The number of carboxylic acids is 1. The molecule has 1 aliphatic rings. The van der Waals surface area contributed by atoms with Crippen molar-refractivity contribution >= 4 is 11.9 Å². The van der Waals surface area contributed by atoms with Crippen LogP contribution >= 0.6 is 0 Å². The molecule has 0 spiro atoms. The van der Waals surface area contributed by atoms with Crippen molar-refractivity contribution in [1.29, 1.82) is 0 Å². The fourth-order valence-electron chi connectivity index (χ4n) is 1.86. The highest BCUT2D eigenvalue weighted by Crippen LogP contribution is 2.18. The van der Waals surface area contributed by atoms with E-state index >= 15 is 0 Å². The van der Waals surface area contributed by atoms with E-state index in [2.05, 4.69) is 4.98 Å². The third-order valence-corrected chi connectivity index (χ3v) is 2.78. The predicted octanol–water partition coefficient (Wildman–Crippen LogP) is 0.767. The van der Waals surface area contributed by atoms with E-state index in [9.17, 15) is 14.0 Å². The average molecular weight is 238 g/mol. The van der Waals surface area contributed by atoms with Crippen LogP contribution in [0, 0.1) is 11.7 Å². The Labute approximate surface area is 96.9 Å². The number of hydrogen-bond acceptors (Lipinski definition) is 3. The van der Waals surface area contributed by atoms with Gasteiger partial charge in [-0.2, -0.15) is 0 Å². The standard InChI is InChI=1S/C11H11FN2O3/c12-9-3-8(4-13-5-9)10(15)14-2-1-7(6-14)11(16)17/h3-5,7H,1-2,6H2,(H,16,17)/t7-/m0/s1. The van der Waals surface area contributed by atoms with Gasteiger partial charge >= 0.3 is 5.97 Å². The molecule has 2 heterocycles. The van der Waals surface area contributed by atoms with E-state index < -0.39 is 17.7 Å². The van der Waals surface area contributed by atoms with Crippen LogP contribution in [-0.4, -0.2) is 40.0 Å². The zero-order valence-corrected chi connectivity index (χ0v) is 8.97. The van der Waals surface area contributed by atoms with Crippen molar-refractivity contribution in [2.24, 2.45) is 5.92 Å². The normalized spacial score (nSPS) is 19.4. The van der Waals surface area contributed by atoms with E-state index in [0.29, 0.717) is 13.0 Å². The highest BCUT2D eigenvalue weighted by atomic mass is 19.1. The number of rotatable bonds is 2. The summed E-state index contributed by atoms with van der Waals surface area (Å²) in [5.74, 6) is -2.39. The fourth-order valence-corrected chi connectivity index (χ4v) is 1.86. The van der Waals surface area contributed by atoms with Gasteiger partial charge in [-0.1, -0.05) is 0 Å². The molecule has 0 aromatic carbocycles. The maximum Gasteiger partial charge on any atom is 0.308 e. The van der Waals surface area contributed by atoms with Crippen LogP contribution in [-0.2, 0) is 4.79 Å². The Morgan fingerprint density at radius 1 is 1.47 bits per heavy atom. The van der Waals surface area contributed by atoms with Crippen LogP contribution in [0.2, 0.25) is 0 Å². The largest absolute Gasteiger partial charge is 0.481 e. The van der Waals surface area contributed by atoms with Crippen molar-refractivity contribution in [2.45, 2.75) is 6.42 Å². The number of hydrogen-bond donors (Lipinski definition) is 1. The average Bonchev–Trinajstić information content (AvgIpc) is 2.77. The van der Waals surface area contributed by atoms with Crippen molar-refractivity contribution in [2.75, 3.05) is 13.1 Å². The van der Waals surface area contributed by atoms with Gasteiger partial charge in [0, 0.05) is 19.3 Å². The second-order valence-corrected chi connectivity index (χ2v) is 3.97. The lowest BCUT2D eigenvalue weighted by Crippen LogP contribution is -2.30. The molecule has 0 saturated carbocycles. The smallest absolute Gasteiger partial charge is 0.308 e. The van der Waals surface area contributed by atoms with Crippen molar-refractivity contribution in [3.05, 3.63) is 29.8 Å². The Morgan fingerprint density at radius 3 is 2.82 bits per heavy atom. The van der Waals surface area contributed by atoms with Gasteiger partial charge in [0.05, 0.1) is 17.7 Å². The van der Waals surface area contributed by atoms with Crippen LogP contribution in [0.25, 0.3) is 0 Å². The maximum atomic E-state index is 12.9. The molecule has 1 atom stereocenters. The Bertz CT molecular complexity index is 464. The molecule has 2 rings (SSSR count). The lowest BCUT2D eigenvalue weighted by molar-refractivity contribution is -0.141. The molecule has 1 N–H and O–H groups in total.